The van der Waals surface area contributed by atoms with Gasteiger partial charge in [0.25, 0.3) is 0 Å². The van der Waals surface area contributed by atoms with Crippen LogP contribution in [0.1, 0.15) is 38.8 Å². The lowest BCUT2D eigenvalue weighted by Crippen LogP contribution is -2.32. The van der Waals surface area contributed by atoms with Crippen LogP contribution in [0.15, 0.2) is 30.3 Å². The van der Waals surface area contributed by atoms with E-state index in [1.165, 1.54) is 0 Å². The van der Waals surface area contributed by atoms with E-state index in [1.807, 2.05) is 30.3 Å². The summed E-state index contributed by atoms with van der Waals surface area (Å²) in [6, 6.07) is 9.84. The molecule has 1 rings (SSSR count). The molecule has 0 saturated heterocycles. The topological polar surface area (TPSA) is 43.1 Å². The van der Waals surface area contributed by atoms with Crippen molar-refractivity contribution in [3.63, 3.8) is 0 Å². The molecule has 3 atom stereocenters. The molecular formula is C14H23NOS. The monoisotopic (exact) mass is 253 g/mol. The molecule has 0 saturated carbocycles. The van der Waals surface area contributed by atoms with Crippen LogP contribution in [0.2, 0.25) is 0 Å². The molecule has 1 aromatic rings. The van der Waals surface area contributed by atoms with Crippen LogP contribution in [-0.4, -0.2) is 15.2 Å². The van der Waals surface area contributed by atoms with Gasteiger partial charge in [0.05, 0.1) is 5.25 Å². The van der Waals surface area contributed by atoms with Crippen molar-refractivity contribution in [1.82, 2.24) is 0 Å². The van der Waals surface area contributed by atoms with Gasteiger partial charge in [0.1, 0.15) is 0 Å². The van der Waals surface area contributed by atoms with Gasteiger partial charge in [-0.3, -0.25) is 4.21 Å². The zero-order chi connectivity index (χ0) is 12.8. The average Bonchev–Trinajstić information content (AvgIpc) is 2.30. The molecule has 0 fully saturated rings. The molecule has 1 aromatic carbocycles. The number of benzene rings is 1. The zero-order valence-electron chi connectivity index (χ0n) is 10.9. The van der Waals surface area contributed by atoms with Gasteiger partial charge in [0.15, 0.2) is 0 Å². The Labute approximate surface area is 107 Å². The van der Waals surface area contributed by atoms with Crippen molar-refractivity contribution in [2.75, 3.05) is 5.75 Å². The number of hydrogen-bond donors (Lipinski definition) is 1. The normalized spacial score (nSPS) is 16.8. The maximum Gasteiger partial charge on any atom is 0.0538 e. The summed E-state index contributed by atoms with van der Waals surface area (Å²) in [7, 11) is -0.844. The van der Waals surface area contributed by atoms with E-state index in [-0.39, 0.29) is 11.3 Å². The van der Waals surface area contributed by atoms with Crippen LogP contribution >= 0.6 is 0 Å². The van der Waals surface area contributed by atoms with Crippen molar-refractivity contribution in [1.29, 1.82) is 0 Å². The maximum absolute atomic E-state index is 12.2. The molecule has 17 heavy (non-hydrogen) atoms. The Morgan fingerprint density at radius 2 is 1.82 bits per heavy atom. The fourth-order valence-electron chi connectivity index (χ4n) is 1.95. The van der Waals surface area contributed by atoms with Crippen molar-refractivity contribution < 1.29 is 4.21 Å². The van der Waals surface area contributed by atoms with Crippen LogP contribution in [0.5, 0.6) is 0 Å². The number of nitrogens with two attached hydrogens (primary N) is 1. The first-order valence-electron chi connectivity index (χ1n) is 6.24. The standard InChI is InChI=1S/C14H23NOS/c1-4-13(17(16)10-11(2)3)14(15)12-8-6-5-7-9-12/h5-9,11,13-14H,4,10,15H2,1-3H3. The fourth-order valence-corrected chi connectivity index (χ4v) is 3.71. The van der Waals surface area contributed by atoms with E-state index in [4.69, 9.17) is 5.73 Å². The van der Waals surface area contributed by atoms with E-state index in [0.717, 1.165) is 17.7 Å². The molecule has 0 amide bonds. The highest BCUT2D eigenvalue weighted by Crippen LogP contribution is 2.21. The van der Waals surface area contributed by atoms with Crippen LogP contribution in [0.25, 0.3) is 0 Å². The third-order valence-corrected chi connectivity index (χ3v) is 5.12. The molecule has 0 aliphatic heterocycles. The summed E-state index contributed by atoms with van der Waals surface area (Å²) in [4.78, 5) is 0. The first-order valence-corrected chi connectivity index (χ1v) is 7.62. The summed E-state index contributed by atoms with van der Waals surface area (Å²) in [5, 5.41) is 0.0554. The Balaban J connectivity index is 2.77. The second-order valence-electron chi connectivity index (χ2n) is 4.82. The Bertz CT molecular complexity index is 350. The van der Waals surface area contributed by atoms with Gasteiger partial charge >= 0.3 is 0 Å². The van der Waals surface area contributed by atoms with E-state index in [9.17, 15) is 4.21 Å². The summed E-state index contributed by atoms with van der Waals surface area (Å²) >= 11 is 0. The van der Waals surface area contributed by atoms with Gasteiger partial charge in [-0.15, -0.1) is 0 Å². The number of rotatable bonds is 6. The minimum Gasteiger partial charge on any atom is -0.323 e. The van der Waals surface area contributed by atoms with Gasteiger partial charge in [0.2, 0.25) is 0 Å². The Morgan fingerprint density at radius 1 is 1.24 bits per heavy atom. The van der Waals surface area contributed by atoms with E-state index >= 15 is 0 Å². The summed E-state index contributed by atoms with van der Waals surface area (Å²) in [6.45, 7) is 6.25. The van der Waals surface area contributed by atoms with Crippen LogP contribution in [0, 0.1) is 5.92 Å². The predicted octanol–water partition coefficient (Wildman–Crippen LogP) is 2.87. The third-order valence-electron chi connectivity index (χ3n) is 2.82. The molecule has 0 radical (unpaired) electrons. The van der Waals surface area contributed by atoms with E-state index in [2.05, 4.69) is 20.8 Å². The molecule has 2 N–H and O–H groups in total. The quantitative estimate of drug-likeness (QED) is 0.847. The Hall–Kier alpha value is -0.670. The third kappa shape index (κ3) is 4.25. The second-order valence-corrected chi connectivity index (χ2v) is 6.52. The van der Waals surface area contributed by atoms with Gasteiger partial charge in [-0.05, 0) is 17.9 Å². The van der Waals surface area contributed by atoms with Crippen LogP contribution in [0.3, 0.4) is 0 Å². The summed E-state index contributed by atoms with van der Waals surface area (Å²) in [5.74, 6) is 1.19. The molecule has 0 spiro atoms. The van der Waals surface area contributed by atoms with Gasteiger partial charge in [-0.25, -0.2) is 0 Å². The molecule has 0 aliphatic carbocycles. The van der Waals surface area contributed by atoms with Crippen molar-refractivity contribution in [3.05, 3.63) is 35.9 Å². The number of hydrogen-bond acceptors (Lipinski definition) is 2. The average molecular weight is 253 g/mol. The maximum atomic E-state index is 12.2. The second kappa shape index (κ2) is 6.92. The fraction of sp³-hybridized carbons (Fsp3) is 0.571. The predicted molar refractivity (Wildman–Crippen MR) is 75.3 cm³/mol. The molecule has 2 nitrogen and oxygen atoms in total. The van der Waals surface area contributed by atoms with Crippen molar-refractivity contribution in [2.45, 2.75) is 38.5 Å². The molecule has 0 bridgehead atoms. The van der Waals surface area contributed by atoms with Crippen molar-refractivity contribution >= 4 is 10.8 Å². The highest BCUT2D eigenvalue weighted by Gasteiger charge is 2.24. The van der Waals surface area contributed by atoms with Gasteiger partial charge in [0, 0.05) is 22.6 Å². The zero-order valence-corrected chi connectivity index (χ0v) is 11.7. The molecular weight excluding hydrogens is 230 g/mol. The van der Waals surface area contributed by atoms with Crippen LogP contribution < -0.4 is 5.73 Å². The first kappa shape index (κ1) is 14.4. The van der Waals surface area contributed by atoms with Gasteiger partial charge in [-0.1, -0.05) is 51.1 Å². The van der Waals surface area contributed by atoms with Crippen molar-refractivity contribution in [2.24, 2.45) is 11.7 Å². The lowest BCUT2D eigenvalue weighted by molar-refractivity contribution is 0.602. The Kier molecular flexibility index (Phi) is 5.86. The summed E-state index contributed by atoms with van der Waals surface area (Å²) < 4.78 is 12.2. The first-order chi connectivity index (χ1) is 8.06. The van der Waals surface area contributed by atoms with Gasteiger partial charge in [-0.2, -0.15) is 0 Å². The summed E-state index contributed by atoms with van der Waals surface area (Å²) in [5.41, 5.74) is 7.31. The van der Waals surface area contributed by atoms with Crippen LogP contribution in [-0.2, 0) is 10.8 Å². The van der Waals surface area contributed by atoms with Crippen molar-refractivity contribution in [3.8, 4) is 0 Å². The Morgan fingerprint density at radius 3 is 2.29 bits per heavy atom. The highest BCUT2D eigenvalue weighted by atomic mass is 32.2. The lowest BCUT2D eigenvalue weighted by atomic mass is 10.0. The molecule has 3 unspecified atom stereocenters. The molecule has 3 heteroatoms. The van der Waals surface area contributed by atoms with Gasteiger partial charge < -0.3 is 5.73 Å². The van der Waals surface area contributed by atoms with E-state index in [1.54, 1.807) is 0 Å². The molecule has 0 heterocycles. The largest absolute Gasteiger partial charge is 0.323 e. The van der Waals surface area contributed by atoms with E-state index < -0.39 is 10.8 Å². The van der Waals surface area contributed by atoms with E-state index in [0.29, 0.717) is 5.92 Å². The SMILES string of the molecule is CCC(C(N)c1ccccc1)S(=O)CC(C)C. The molecule has 0 aliphatic rings. The molecule has 96 valence electrons. The smallest absolute Gasteiger partial charge is 0.0538 e. The lowest BCUT2D eigenvalue weighted by Gasteiger charge is -2.23. The molecule has 0 aromatic heterocycles. The summed E-state index contributed by atoms with van der Waals surface area (Å²) in [6.07, 6.45) is 0.857. The minimum atomic E-state index is -0.844. The highest BCUT2D eigenvalue weighted by molar-refractivity contribution is 7.85. The van der Waals surface area contributed by atoms with Crippen LogP contribution in [0.4, 0.5) is 0 Å². The minimum absolute atomic E-state index is 0.0554.